The van der Waals surface area contributed by atoms with E-state index in [1.807, 2.05) is 6.92 Å². The molecule has 1 aromatic heterocycles. The third-order valence-electron chi connectivity index (χ3n) is 5.07. The van der Waals surface area contributed by atoms with Crippen LogP contribution in [0.15, 0.2) is 35.7 Å². The molecule has 1 amide bonds. The Bertz CT molecular complexity index is 965. The molecular weight excluding hydrogens is 396 g/mol. The number of hydrogen-bond acceptors (Lipinski definition) is 6. The summed E-state index contributed by atoms with van der Waals surface area (Å²) in [4.78, 5) is 16.7. The van der Waals surface area contributed by atoms with E-state index in [1.165, 1.54) is 23.9 Å². The molecule has 3 rings (SSSR count). The topological polar surface area (TPSA) is 103 Å². The lowest BCUT2D eigenvalue weighted by Crippen LogP contribution is -2.41. The van der Waals surface area contributed by atoms with Crippen molar-refractivity contribution in [1.29, 1.82) is 0 Å². The predicted molar refractivity (Wildman–Crippen MR) is 108 cm³/mol. The quantitative estimate of drug-likeness (QED) is 0.732. The molecule has 0 bridgehead atoms. The number of ether oxygens (including phenoxy) is 2. The molecule has 9 nitrogen and oxygen atoms in total. The molecule has 158 valence electrons. The standard InChI is InChI=1S/C19H26N4O5S/c1-4-22-12-18(20-13-22)29(25,26)23-9-7-14(8-10-23)19(24)21-16-11-15(27-2)5-6-17(16)28-3/h5-6,11-14H,4,7-10H2,1-3H3,(H,21,24). The molecule has 0 unspecified atom stereocenters. The number of nitrogens with one attached hydrogen (secondary N) is 1. The fourth-order valence-corrected chi connectivity index (χ4v) is 4.69. The van der Waals surface area contributed by atoms with Gasteiger partial charge >= 0.3 is 0 Å². The molecule has 2 aromatic rings. The molecule has 0 spiro atoms. The summed E-state index contributed by atoms with van der Waals surface area (Å²) in [6.07, 6.45) is 3.91. The summed E-state index contributed by atoms with van der Waals surface area (Å²) < 4.78 is 39.1. The summed E-state index contributed by atoms with van der Waals surface area (Å²) >= 11 is 0. The third-order valence-corrected chi connectivity index (χ3v) is 6.85. The number of anilines is 1. The van der Waals surface area contributed by atoms with Crippen LogP contribution in [0.3, 0.4) is 0 Å². The molecule has 1 saturated heterocycles. The van der Waals surface area contributed by atoms with Crippen molar-refractivity contribution in [2.75, 3.05) is 32.6 Å². The molecule has 1 fully saturated rings. The fourth-order valence-electron chi connectivity index (χ4n) is 3.28. The average Bonchev–Trinajstić information content (AvgIpc) is 3.24. The van der Waals surface area contributed by atoms with Gasteiger partial charge in [-0.25, -0.2) is 13.4 Å². The van der Waals surface area contributed by atoms with Gasteiger partial charge in [0.1, 0.15) is 11.5 Å². The zero-order valence-electron chi connectivity index (χ0n) is 16.8. The van der Waals surface area contributed by atoms with Crippen molar-refractivity contribution in [2.24, 2.45) is 5.92 Å². The van der Waals surface area contributed by atoms with E-state index in [0.717, 1.165) is 0 Å². The summed E-state index contributed by atoms with van der Waals surface area (Å²) in [5.74, 6) is 0.689. The first-order valence-electron chi connectivity index (χ1n) is 9.43. The van der Waals surface area contributed by atoms with Crippen LogP contribution in [-0.2, 0) is 21.4 Å². The second-order valence-corrected chi connectivity index (χ2v) is 8.66. The molecule has 1 aliphatic heterocycles. The molecule has 2 heterocycles. The molecule has 0 atom stereocenters. The Balaban J connectivity index is 1.64. The van der Waals surface area contributed by atoms with E-state index in [2.05, 4.69) is 10.3 Å². The number of methoxy groups -OCH3 is 2. The number of rotatable bonds is 7. The first-order valence-corrected chi connectivity index (χ1v) is 10.9. The number of sulfonamides is 1. The summed E-state index contributed by atoms with van der Waals surface area (Å²) in [5.41, 5.74) is 0.525. The molecule has 0 saturated carbocycles. The summed E-state index contributed by atoms with van der Waals surface area (Å²) in [6.45, 7) is 3.11. The first-order chi connectivity index (χ1) is 13.9. The lowest BCUT2D eigenvalue weighted by Gasteiger charge is -2.30. The van der Waals surface area contributed by atoms with Gasteiger partial charge in [0, 0.05) is 37.8 Å². The fraction of sp³-hybridized carbons (Fsp3) is 0.474. The van der Waals surface area contributed by atoms with Gasteiger partial charge < -0.3 is 19.4 Å². The molecule has 29 heavy (non-hydrogen) atoms. The Morgan fingerprint density at radius 2 is 1.97 bits per heavy atom. The van der Waals surface area contributed by atoms with Crippen molar-refractivity contribution in [2.45, 2.75) is 31.3 Å². The molecule has 1 aliphatic rings. The highest BCUT2D eigenvalue weighted by molar-refractivity contribution is 7.89. The number of carbonyl (C=O) groups excluding carboxylic acids is 1. The van der Waals surface area contributed by atoms with E-state index in [0.29, 0.717) is 36.6 Å². The van der Waals surface area contributed by atoms with Crippen LogP contribution in [0.25, 0.3) is 0 Å². The predicted octanol–water partition coefficient (Wildman–Crippen LogP) is 1.96. The van der Waals surface area contributed by atoms with Crippen LogP contribution in [0, 0.1) is 5.92 Å². The van der Waals surface area contributed by atoms with Crippen molar-refractivity contribution in [3.05, 3.63) is 30.7 Å². The lowest BCUT2D eigenvalue weighted by atomic mass is 9.97. The number of imidazole rings is 1. The number of benzene rings is 1. The third kappa shape index (κ3) is 4.54. The van der Waals surface area contributed by atoms with Crippen LogP contribution in [0.2, 0.25) is 0 Å². The molecule has 1 aromatic carbocycles. The van der Waals surface area contributed by atoms with Crippen molar-refractivity contribution in [3.63, 3.8) is 0 Å². The van der Waals surface area contributed by atoms with Crippen LogP contribution in [0.4, 0.5) is 5.69 Å². The number of nitrogens with zero attached hydrogens (tertiary/aromatic N) is 3. The van der Waals surface area contributed by atoms with Crippen molar-refractivity contribution >= 4 is 21.6 Å². The van der Waals surface area contributed by atoms with Gasteiger partial charge in [-0.3, -0.25) is 4.79 Å². The van der Waals surface area contributed by atoms with E-state index < -0.39 is 10.0 Å². The lowest BCUT2D eigenvalue weighted by molar-refractivity contribution is -0.120. The monoisotopic (exact) mass is 422 g/mol. The summed E-state index contributed by atoms with van der Waals surface area (Å²) in [6, 6.07) is 5.16. The van der Waals surface area contributed by atoms with Gasteiger partial charge in [0.15, 0.2) is 5.03 Å². The SMILES string of the molecule is CCn1cnc(S(=O)(=O)N2CCC(C(=O)Nc3cc(OC)ccc3OC)CC2)c1. The van der Waals surface area contributed by atoms with Gasteiger partial charge in [0.2, 0.25) is 5.91 Å². The Kier molecular flexibility index (Phi) is 6.43. The molecular formula is C19H26N4O5S. The Hall–Kier alpha value is -2.59. The number of amides is 1. The minimum absolute atomic E-state index is 0.0448. The highest BCUT2D eigenvalue weighted by Gasteiger charge is 2.33. The average molecular weight is 423 g/mol. The number of aromatic nitrogens is 2. The minimum Gasteiger partial charge on any atom is -0.497 e. The number of hydrogen-bond donors (Lipinski definition) is 1. The van der Waals surface area contributed by atoms with E-state index in [1.54, 1.807) is 29.9 Å². The largest absolute Gasteiger partial charge is 0.497 e. The molecule has 1 N–H and O–H groups in total. The van der Waals surface area contributed by atoms with Gasteiger partial charge in [-0.05, 0) is 31.9 Å². The maximum atomic E-state index is 12.8. The van der Waals surface area contributed by atoms with E-state index in [-0.39, 0.29) is 29.9 Å². The number of carbonyl (C=O) groups is 1. The Morgan fingerprint density at radius 1 is 1.24 bits per heavy atom. The second-order valence-electron chi connectivity index (χ2n) is 6.78. The van der Waals surface area contributed by atoms with Crippen molar-refractivity contribution in [3.8, 4) is 11.5 Å². The minimum atomic E-state index is -3.65. The first kappa shape index (κ1) is 21.1. The normalized spacial score (nSPS) is 15.8. The second kappa shape index (κ2) is 8.83. The van der Waals surface area contributed by atoms with Gasteiger partial charge in [-0.2, -0.15) is 4.31 Å². The smallest absolute Gasteiger partial charge is 0.262 e. The molecule has 0 aliphatic carbocycles. The van der Waals surface area contributed by atoms with Crippen LogP contribution in [0.1, 0.15) is 19.8 Å². The zero-order chi connectivity index (χ0) is 21.0. The van der Waals surface area contributed by atoms with Gasteiger partial charge in [-0.1, -0.05) is 0 Å². The van der Waals surface area contributed by atoms with E-state index >= 15 is 0 Å². The number of aryl methyl sites for hydroxylation is 1. The Morgan fingerprint density at radius 3 is 2.55 bits per heavy atom. The van der Waals surface area contributed by atoms with E-state index in [4.69, 9.17) is 9.47 Å². The van der Waals surface area contributed by atoms with Crippen molar-refractivity contribution < 1.29 is 22.7 Å². The van der Waals surface area contributed by atoms with Crippen LogP contribution in [-0.4, -0.2) is 55.5 Å². The highest BCUT2D eigenvalue weighted by Crippen LogP contribution is 2.30. The highest BCUT2D eigenvalue weighted by atomic mass is 32.2. The maximum absolute atomic E-state index is 12.8. The van der Waals surface area contributed by atoms with E-state index in [9.17, 15) is 13.2 Å². The molecule has 0 radical (unpaired) electrons. The van der Waals surface area contributed by atoms with Crippen LogP contribution < -0.4 is 14.8 Å². The summed E-state index contributed by atoms with van der Waals surface area (Å²) in [7, 11) is -0.569. The summed E-state index contributed by atoms with van der Waals surface area (Å²) in [5, 5.41) is 2.92. The molecule has 10 heteroatoms. The van der Waals surface area contributed by atoms with Gasteiger partial charge in [0.05, 0.1) is 26.2 Å². The van der Waals surface area contributed by atoms with Gasteiger partial charge in [0.25, 0.3) is 10.0 Å². The van der Waals surface area contributed by atoms with Crippen molar-refractivity contribution in [1.82, 2.24) is 13.9 Å². The van der Waals surface area contributed by atoms with Gasteiger partial charge in [-0.15, -0.1) is 0 Å². The zero-order valence-corrected chi connectivity index (χ0v) is 17.6. The maximum Gasteiger partial charge on any atom is 0.262 e. The number of piperidine rings is 1. The van der Waals surface area contributed by atoms with Crippen LogP contribution >= 0.6 is 0 Å². The Labute approximate surface area is 170 Å². The van der Waals surface area contributed by atoms with Crippen LogP contribution in [0.5, 0.6) is 11.5 Å².